The number of anilines is 1. The average molecular weight is 562 g/mol. The van der Waals surface area contributed by atoms with Gasteiger partial charge in [0.2, 0.25) is 5.91 Å². The van der Waals surface area contributed by atoms with Crippen molar-refractivity contribution in [2.75, 3.05) is 64.0 Å². The van der Waals surface area contributed by atoms with Crippen molar-refractivity contribution >= 4 is 41.1 Å². The SMILES string of the molecule is CCCCNC(=O)N1CCN(c2cc(Cl)nc(SCC(=O)N(CCN(C)C)Cc3ccccc3)n2)CC1C. The standard InChI is InChI=1S/C27H40ClN7O2S/c1-5-6-12-29-27(37)35-16-15-33(18-21(35)2)24-17-23(28)30-26(31-24)38-20-25(36)34(14-13-32(3)4)19-22-10-8-7-9-11-22/h7-11,17,21H,5-6,12-16,18-20H2,1-4H3,(H,29,37). The highest BCUT2D eigenvalue weighted by Gasteiger charge is 2.28. The summed E-state index contributed by atoms with van der Waals surface area (Å²) < 4.78 is 0. The van der Waals surface area contributed by atoms with Gasteiger partial charge in [-0.3, -0.25) is 4.79 Å². The molecule has 1 saturated heterocycles. The fraction of sp³-hybridized carbons (Fsp3) is 0.556. The molecule has 1 fully saturated rings. The van der Waals surface area contributed by atoms with Gasteiger partial charge in [-0.15, -0.1) is 0 Å². The molecule has 38 heavy (non-hydrogen) atoms. The number of rotatable bonds is 12. The first-order chi connectivity index (χ1) is 18.3. The molecule has 1 unspecified atom stereocenters. The van der Waals surface area contributed by atoms with Crippen molar-refractivity contribution in [1.82, 2.24) is 30.0 Å². The maximum atomic E-state index is 13.2. The molecule has 0 spiro atoms. The van der Waals surface area contributed by atoms with E-state index in [1.807, 2.05) is 61.2 Å². The normalized spacial score (nSPS) is 15.6. The lowest BCUT2D eigenvalue weighted by Crippen LogP contribution is -2.56. The molecule has 9 nitrogen and oxygen atoms in total. The molecule has 1 aromatic carbocycles. The molecule has 0 saturated carbocycles. The van der Waals surface area contributed by atoms with E-state index in [-0.39, 0.29) is 23.7 Å². The summed E-state index contributed by atoms with van der Waals surface area (Å²) in [5, 5.41) is 3.81. The van der Waals surface area contributed by atoms with Gasteiger partial charge in [-0.25, -0.2) is 14.8 Å². The maximum Gasteiger partial charge on any atom is 0.317 e. The molecule has 1 aliphatic rings. The van der Waals surface area contributed by atoms with Crippen LogP contribution in [0.1, 0.15) is 32.3 Å². The van der Waals surface area contributed by atoms with Gasteiger partial charge in [0.1, 0.15) is 11.0 Å². The molecular formula is C27H40ClN7O2S. The Morgan fingerprint density at radius 3 is 2.61 bits per heavy atom. The quantitative estimate of drug-likeness (QED) is 0.182. The number of nitrogens with one attached hydrogen (secondary N) is 1. The molecule has 3 amide bonds. The number of nitrogens with zero attached hydrogens (tertiary/aromatic N) is 6. The number of benzene rings is 1. The molecule has 1 aromatic heterocycles. The summed E-state index contributed by atoms with van der Waals surface area (Å²) in [5.41, 5.74) is 1.10. The molecule has 208 valence electrons. The van der Waals surface area contributed by atoms with Gasteiger partial charge in [-0.05, 0) is 33.0 Å². The summed E-state index contributed by atoms with van der Waals surface area (Å²) in [6, 6.07) is 11.8. The second-order valence-corrected chi connectivity index (χ2v) is 11.1. The smallest absolute Gasteiger partial charge is 0.317 e. The zero-order chi connectivity index (χ0) is 27.5. The zero-order valence-electron chi connectivity index (χ0n) is 22.9. The predicted molar refractivity (Wildman–Crippen MR) is 155 cm³/mol. The summed E-state index contributed by atoms with van der Waals surface area (Å²) in [6.07, 6.45) is 2.02. The number of piperazine rings is 1. The lowest BCUT2D eigenvalue weighted by Gasteiger charge is -2.40. The number of likely N-dealkylation sites (N-methyl/N-ethyl adjacent to an activating group) is 1. The largest absolute Gasteiger partial charge is 0.353 e. The zero-order valence-corrected chi connectivity index (χ0v) is 24.5. The van der Waals surface area contributed by atoms with Gasteiger partial charge < -0.3 is 24.9 Å². The molecule has 2 aromatic rings. The van der Waals surface area contributed by atoms with E-state index in [9.17, 15) is 9.59 Å². The maximum absolute atomic E-state index is 13.2. The van der Waals surface area contributed by atoms with Crippen molar-refractivity contribution < 1.29 is 9.59 Å². The van der Waals surface area contributed by atoms with Crippen LogP contribution in [-0.2, 0) is 11.3 Å². The van der Waals surface area contributed by atoms with Crippen LogP contribution >= 0.6 is 23.4 Å². The first-order valence-electron chi connectivity index (χ1n) is 13.2. The molecule has 1 atom stereocenters. The fourth-order valence-corrected chi connectivity index (χ4v) is 5.17. The molecule has 0 bridgehead atoms. The van der Waals surface area contributed by atoms with E-state index in [0.717, 1.165) is 24.9 Å². The van der Waals surface area contributed by atoms with Gasteiger partial charge in [-0.1, -0.05) is 67.0 Å². The lowest BCUT2D eigenvalue weighted by molar-refractivity contribution is -0.129. The van der Waals surface area contributed by atoms with Crippen LogP contribution in [0.4, 0.5) is 10.6 Å². The molecule has 11 heteroatoms. The number of amides is 3. The number of carbonyl (C=O) groups is 2. The molecule has 2 heterocycles. The van der Waals surface area contributed by atoms with Gasteiger partial charge in [0.05, 0.1) is 5.75 Å². The van der Waals surface area contributed by atoms with Crippen LogP contribution < -0.4 is 10.2 Å². The third-order valence-electron chi connectivity index (χ3n) is 6.39. The summed E-state index contributed by atoms with van der Waals surface area (Å²) in [4.78, 5) is 42.7. The van der Waals surface area contributed by atoms with Gasteiger partial charge >= 0.3 is 6.03 Å². The van der Waals surface area contributed by atoms with Crippen molar-refractivity contribution in [1.29, 1.82) is 0 Å². The Morgan fingerprint density at radius 1 is 1.16 bits per heavy atom. The van der Waals surface area contributed by atoms with E-state index >= 15 is 0 Å². The van der Waals surface area contributed by atoms with Crippen molar-refractivity contribution in [2.24, 2.45) is 0 Å². The summed E-state index contributed by atoms with van der Waals surface area (Å²) >= 11 is 7.66. The number of carbonyl (C=O) groups excluding carboxylic acids is 2. The topological polar surface area (TPSA) is 84.9 Å². The third-order valence-corrected chi connectivity index (χ3v) is 7.42. The highest BCUT2D eigenvalue weighted by molar-refractivity contribution is 7.99. The molecule has 0 radical (unpaired) electrons. The van der Waals surface area contributed by atoms with Crippen molar-refractivity contribution in [2.45, 2.75) is 44.4 Å². The summed E-state index contributed by atoms with van der Waals surface area (Å²) in [7, 11) is 4.00. The van der Waals surface area contributed by atoms with Crippen LogP contribution in [0.5, 0.6) is 0 Å². The molecule has 0 aliphatic carbocycles. The Hall–Kier alpha value is -2.56. The highest BCUT2D eigenvalue weighted by Crippen LogP contribution is 2.24. The summed E-state index contributed by atoms with van der Waals surface area (Å²) in [6.45, 7) is 8.71. The number of aromatic nitrogens is 2. The van der Waals surface area contributed by atoms with E-state index in [0.29, 0.717) is 55.4 Å². The second kappa shape index (κ2) is 15.1. The molecule has 1 N–H and O–H groups in total. The van der Waals surface area contributed by atoms with Crippen LogP contribution in [0.3, 0.4) is 0 Å². The first-order valence-corrected chi connectivity index (χ1v) is 14.6. The number of hydrogen-bond acceptors (Lipinski definition) is 7. The Morgan fingerprint density at radius 2 is 1.92 bits per heavy atom. The third kappa shape index (κ3) is 9.32. The minimum atomic E-state index is -0.0181. The minimum absolute atomic E-state index is 0.0181. The average Bonchev–Trinajstić information content (AvgIpc) is 2.89. The first kappa shape index (κ1) is 30.0. The number of urea groups is 1. The Bertz CT molecular complexity index is 1040. The van der Waals surface area contributed by atoms with Crippen LogP contribution in [0.25, 0.3) is 0 Å². The fourth-order valence-electron chi connectivity index (χ4n) is 4.19. The van der Waals surface area contributed by atoms with E-state index in [2.05, 4.69) is 27.0 Å². The molecule has 3 rings (SSSR count). The minimum Gasteiger partial charge on any atom is -0.353 e. The van der Waals surface area contributed by atoms with Crippen LogP contribution in [0.15, 0.2) is 41.6 Å². The van der Waals surface area contributed by atoms with Gasteiger partial charge in [-0.2, -0.15) is 0 Å². The van der Waals surface area contributed by atoms with Crippen LogP contribution in [0.2, 0.25) is 5.15 Å². The lowest BCUT2D eigenvalue weighted by atomic mass is 10.2. The van der Waals surface area contributed by atoms with E-state index in [1.165, 1.54) is 11.8 Å². The number of thioether (sulfide) groups is 1. The van der Waals surface area contributed by atoms with E-state index in [1.54, 1.807) is 6.07 Å². The highest BCUT2D eigenvalue weighted by atomic mass is 35.5. The van der Waals surface area contributed by atoms with E-state index < -0.39 is 0 Å². The Balaban J connectivity index is 1.61. The van der Waals surface area contributed by atoms with Crippen molar-refractivity contribution in [3.8, 4) is 0 Å². The van der Waals surface area contributed by atoms with E-state index in [4.69, 9.17) is 16.6 Å². The predicted octanol–water partition coefficient (Wildman–Crippen LogP) is 3.83. The van der Waals surface area contributed by atoms with Crippen molar-refractivity contribution in [3.63, 3.8) is 0 Å². The second-order valence-electron chi connectivity index (χ2n) is 9.80. The Kier molecular flexibility index (Phi) is 11.9. The Labute approximate surface area is 235 Å². The molecule has 1 aliphatic heterocycles. The van der Waals surface area contributed by atoms with Crippen LogP contribution in [-0.4, -0.2) is 102 Å². The van der Waals surface area contributed by atoms with Gasteiger partial charge in [0.25, 0.3) is 0 Å². The molecular weight excluding hydrogens is 522 g/mol. The number of halogens is 1. The summed E-state index contributed by atoms with van der Waals surface area (Å²) in [5.74, 6) is 0.969. The number of hydrogen-bond donors (Lipinski definition) is 1. The number of unbranched alkanes of at least 4 members (excludes halogenated alkanes) is 1. The van der Waals surface area contributed by atoms with Gasteiger partial charge in [0.15, 0.2) is 5.16 Å². The monoisotopic (exact) mass is 561 g/mol. The van der Waals surface area contributed by atoms with Crippen LogP contribution in [0, 0.1) is 0 Å². The van der Waals surface area contributed by atoms with Crippen molar-refractivity contribution in [3.05, 3.63) is 47.1 Å². The van der Waals surface area contributed by atoms with Gasteiger partial charge in [0, 0.05) is 57.9 Å².